The summed E-state index contributed by atoms with van der Waals surface area (Å²) in [4.78, 5) is 125. The van der Waals surface area contributed by atoms with Gasteiger partial charge in [-0.25, -0.2) is 26.8 Å². The van der Waals surface area contributed by atoms with Gasteiger partial charge in [0.05, 0.1) is 83.4 Å². The number of nitrogens with one attached hydrogen (secondary N) is 2. The third kappa shape index (κ3) is 18.1. The van der Waals surface area contributed by atoms with Crippen molar-refractivity contribution in [2.24, 2.45) is 58.2 Å². The number of pyridine rings is 2. The van der Waals surface area contributed by atoms with Crippen LogP contribution in [0.5, 0.6) is 23.3 Å². The molecule has 2 saturated heterocycles. The van der Waals surface area contributed by atoms with E-state index in [1.807, 2.05) is 74.5 Å². The fourth-order valence-corrected chi connectivity index (χ4v) is 20.6. The van der Waals surface area contributed by atoms with Crippen LogP contribution in [0.15, 0.2) is 73.1 Å². The van der Waals surface area contributed by atoms with Gasteiger partial charge in [-0.2, -0.15) is 26.3 Å². The second-order valence-corrected chi connectivity index (χ2v) is 41.0. The number of esters is 2. The monoisotopic (exact) mass is 1690 g/mol. The average Bonchev–Trinajstić information content (AvgIpc) is 1.57. The lowest BCUT2D eigenvalue weighted by Crippen LogP contribution is -2.48. The lowest BCUT2D eigenvalue weighted by atomic mass is 9.82. The summed E-state index contributed by atoms with van der Waals surface area (Å²) in [6, 6.07) is 9.04. The molecule has 118 heavy (non-hydrogen) atoms. The number of hydrogen-bond acceptors (Lipinski definition) is 20. The van der Waals surface area contributed by atoms with E-state index in [2.05, 4.69) is 19.4 Å². The second-order valence-electron chi connectivity index (χ2n) is 36.6. The van der Waals surface area contributed by atoms with Crippen LogP contribution in [0.25, 0.3) is 21.5 Å². The Hall–Kier alpha value is -8.42. The van der Waals surface area contributed by atoms with Crippen molar-refractivity contribution >= 4 is 88.7 Å². The number of rotatable bonds is 16. The third-order valence-electron chi connectivity index (χ3n) is 26.6. The summed E-state index contributed by atoms with van der Waals surface area (Å²) >= 11 is 0. The summed E-state index contributed by atoms with van der Waals surface area (Å²) in [5.74, 6) is -8.26. The molecule has 644 valence electrons. The van der Waals surface area contributed by atoms with Gasteiger partial charge in [-0.3, -0.25) is 47.8 Å². The molecule has 14 rings (SSSR count). The molecule has 6 fully saturated rings. The quantitative estimate of drug-likeness (QED) is 0.0598. The zero-order valence-corrected chi connectivity index (χ0v) is 70.1. The highest BCUT2D eigenvalue weighted by molar-refractivity contribution is 7.92. The number of benzene rings is 2. The van der Waals surface area contributed by atoms with Crippen molar-refractivity contribution < 1.29 is 110 Å². The molecule has 0 spiro atoms. The van der Waals surface area contributed by atoms with Crippen LogP contribution in [-0.2, 0) is 80.7 Å². The topological polar surface area (TPSA) is 317 Å². The minimum atomic E-state index is -4.86. The van der Waals surface area contributed by atoms with Crippen LogP contribution in [0.2, 0.25) is 0 Å². The second kappa shape index (κ2) is 32.9. The summed E-state index contributed by atoms with van der Waals surface area (Å²) in [5.41, 5.74) is -6.25. The van der Waals surface area contributed by atoms with Gasteiger partial charge in [0.15, 0.2) is 11.6 Å². The highest BCUT2D eigenvalue weighted by Crippen LogP contribution is 2.60. The van der Waals surface area contributed by atoms with Crippen molar-refractivity contribution in [2.45, 2.75) is 268 Å². The van der Waals surface area contributed by atoms with E-state index < -0.39 is 184 Å². The fraction of sp³-hybridized carbons (Fsp3) is 0.651. The molecule has 4 amide bonds. The van der Waals surface area contributed by atoms with Crippen LogP contribution in [0.1, 0.15) is 209 Å². The number of ketones is 2. The van der Waals surface area contributed by atoms with Gasteiger partial charge in [-0.15, -0.1) is 0 Å². The van der Waals surface area contributed by atoms with E-state index in [1.54, 1.807) is 40.1 Å². The number of carbonyl (C=O) groups excluding carboxylic acids is 8. The number of carbonyl (C=O) groups is 8. The number of fused-ring (bicyclic) bond motifs is 10. The summed E-state index contributed by atoms with van der Waals surface area (Å²) in [7, 11) is -8.06. The van der Waals surface area contributed by atoms with Gasteiger partial charge in [-0.05, 0) is 215 Å². The molecule has 8 heterocycles. The zero-order chi connectivity index (χ0) is 85.4. The lowest BCUT2D eigenvalue weighted by molar-refractivity contribution is -0.257. The molecule has 10 aliphatic rings. The maximum Gasteiger partial charge on any atom is 0.427 e. The maximum atomic E-state index is 14.9. The molecule has 24 nitrogen and oxygen atoms in total. The Balaban J connectivity index is 0.000000205. The fourth-order valence-electron chi connectivity index (χ4n) is 17.9. The van der Waals surface area contributed by atoms with Crippen molar-refractivity contribution in [1.29, 1.82) is 0 Å². The van der Waals surface area contributed by atoms with Crippen molar-refractivity contribution in [3.8, 4) is 23.3 Å². The van der Waals surface area contributed by atoms with E-state index in [0.717, 1.165) is 86.8 Å². The van der Waals surface area contributed by atoms with E-state index in [4.69, 9.17) is 28.4 Å². The van der Waals surface area contributed by atoms with Crippen LogP contribution >= 0.6 is 0 Å². The standard InChI is InChI=1S/2C43H54F3N3O9S/c2*1-25-9-6-7-11-28-22-42(28,39(53)48-59(54,55)41(5)15-16-41)23-34(50)33-20-29(57-37-31-13-12-27-10-8-18-56-36(27)30(31)14-17-47-37)24-49(33)38(52)32(26(2)19-25)21-35(51)58-40(3,4)43(44,45)46/h2*7,11-14,17,25-26,28-29,32-33H,6,8-10,15-16,18-24H2,1-5H3,(H,48,53)/b2*11-7-/t25-,26+,28+,29+,32-,33-,42+;25-,26-,28-,29-,32+,33+,42-/m01/s1. The Morgan fingerprint density at radius 1 is 0.542 bits per heavy atom. The zero-order valence-electron chi connectivity index (χ0n) is 68.5. The number of alkyl halides is 6. The van der Waals surface area contributed by atoms with Crippen molar-refractivity contribution in [3.63, 3.8) is 0 Å². The first-order chi connectivity index (χ1) is 55.3. The largest absolute Gasteiger partial charge is 0.493 e. The molecular formula is C86H108F6N6O18S2. The SMILES string of the molecule is C[C@@H]1CC/C=C\[C@@H]2C[C@@]2(C(=O)NS(=O)(=O)C2(C)CC2)CC(=O)[C@@H]2C[C@@H](Oc3nccc4c5c(ccc34)CCCO5)CN2C(=O)[C@@H](CC(=O)OC(C)(C)C(F)(F)F)[C@H](C)C1.C[C@H]1CC/C=C\[C@@H]2C[C@@]2(C(=O)NS(=O)(=O)C2(C)CC2)CC(=O)[C@@H]2C[C@@H](Oc3nccc4c5c(ccc34)CCCO5)CN2C(=O)[C@@H](CC(=O)OC(C)(C)C(F)(F)F)[C@H](C)C1. The highest BCUT2D eigenvalue weighted by atomic mass is 32.2. The first-order valence-electron chi connectivity index (χ1n) is 41.4. The van der Waals surface area contributed by atoms with Crippen LogP contribution in [-0.4, -0.2) is 167 Å². The summed E-state index contributed by atoms with van der Waals surface area (Å²) in [6.45, 7) is 14.5. The molecular weight excluding hydrogens is 1580 g/mol. The van der Waals surface area contributed by atoms with E-state index in [-0.39, 0.29) is 75.2 Å². The number of halogens is 6. The number of allylic oxidation sites excluding steroid dienone is 4. The molecule has 2 aromatic heterocycles. The Kier molecular flexibility index (Phi) is 24.3. The average molecular weight is 1690 g/mol. The smallest absolute Gasteiger partial charge is 0.427 e. The number of nitrogens with zero attached hydrogens (tertiary/aromatic N) is 4. The molecule has 4 aromatic rings. The number of hydrogen-bond donors (Lipinski definition) is 2. The lowest BCUT2D eigenvalue weighted by Gasteiger charge is -2.33. The Morgan fingerprint density at radius 2 is 0.915 bits per heavy atom. The van der Waals surface area contributed by atoms with E-state index in [9.17, 15) is 81.5 Å². The van der Waals surface area contributed by atoms with Gasteiger partial charge >= 0.3 is 24.3 Å². The molecule has 32 heteroatoms. The number of Topliss-reactive ketones (excluding diaryl/α,β-unsaturated/α-hetero) is 2. The summed E-state index contributed by atoms with van der Waals surface area (Å²) < 4.78 is 173. The molecule has 0 radical (unpaired) electrons. The minimum Gasteiger partial charge on any atom is -0.493 e. The van der Waals surface area contributed by atoms with Gasteiger partial charge in [0.25, 0.3) is 0 Å². The van der Waals surface area contributed by atoms with Crippen LogP contribution in [0, 0.1) is 58.2 Å². The van der Waals surface area contributed by atoms with Gasteiger partial charge < -0.3 is 38.2 Å². The van der Waals surface area contributed by atoms with Gasteiger partial charge in [-0.1, -0.05) is 64.1 Å². The number of ether oxygens (including phenoxy) is 6. The van der Waals surface area contributed by atoms with Gasteiger partial charge in [0, 0.05) is 59.6 Å². The normalized spacial score (nSPS) is 30.4. The highest BCUT2D eigenvalue weighted by Gasteiger charge is 2.65. The predicted octanol–water partition coefficient (Wildman–Crippen LogP) is 13.5. The Bertz CT molecular complexity index is 4610. The number of amides is 4. The minimum absolute atomic E-state index is 0.0122. The van der Waals surface area contributed by atoms with Crippen LogP contribution in [0.4, 0.5) is 26.3 Å². The van der Waals surface area contributed by atoms with Crippen molar-refractivity contribution in [1.82, 2.24) is 29.2 Å². The molecule has 0 unspecified atom stereocenters. The summed E-state index contributed by atoms with van der Waals surface area (Å²) in [6.07, 6.45) is 6.40. The van der Waals surface area contributed by atoms with Crippen molar-refractivity contribution in [3.05, 3.63) is 84.2 Å². The maximum absolute atomic E-state index is 14.9. The molecule has 4 saturated carbocycles. The van der Waals surface area contributed by atoms with Gasteiger partial charge in [0.1, 0.15) is 23.7 Å². The molecule has 4 aliphatic carbocycles. The van der Waals surface area contributed by atoms with Crippen molar-refractivity contribution in [2.75, 3.05) is 26.3 Å². The van der Waals surface area contributed by atoms with Crippen LogP contribution in [0.3, 0.4) is 0 Å². The van der Waals surface area contributed by atoms with E-state index >= 15 is 0 Å². The predicted molar refractivity (Wildman–Crippen MR) is 421 cm³/mol. The molecule has 2 N–H and O–H groups in total. The molecule has 14 atom stereocenters. The van der Waals surface area contributed by atoms with E-state index in [1.165, 1.54) is 9.80 Å². The Labute approximate surface area is 684 Å². The first kappa shape index (κ1) is 87.4. The van der Waals surface area contributed by atoms with Gasteiger partial charge in [0.2, 0.25) is 66.6 Å². The van der Waals surface area contributed by atoms with E-state index in [0.29, 0.717) is 88.2 Å². The van der Waals surface area contributed by atoms with Crippen LogP contribution < -0.4 is 28.4 Å². The summed E-state index contributed by atoms with van der Waals surface area (Å²) in [5, 5.41) is 2.93. The molecule has 2 aromatic carbocycles. The number of aryl methyl sites for hydroxylation is 2. The first-order valence-corrected chi connectivity index (χ1v) is 44.4. The number of aromatic nitrogens is 2. The Morgan fingerprint density at radius 3 is 1.27 bits per heavy atom. The third-order valence-corrected chi connectivity index (χ3v) is 30.9. The molecule has 6 aliphatic heterocycles. The molecule has 0 bridgehead atoms. The number of sulfonamides is 2.